The largest absolute Gasteiger partial charge is 0.470 e. The van der Waals surface area contributed by atoms with E-state index in [1.165, 1.54) is 12.3 Å². The van der Waals surface area contributed by atoms with Crippen molar-refractivity contribution in [1.29, 1.82) is 0 Å². The molecule has 1 N–H and O–H groups in total. The maximum atomic E-state index is 13.7. The number of hydrogen-bond acceptors (Lipinski definition) is 3. The highest BCUT2D eigenvalue weighted by molar-refractivity contribution is 5.23. The van der Waals surface area contributed by atoms with Gasteiger partial charge in [-0.25, -0.2) is 18.2 Å². The lowest BCUT2D eigenvalue weighted by Gasteiger charge is -2.09. The summed E-state index contributed by atoms with van der Waals surface area (Å²) in [7, 11) is 0. The summed E-state index contributed by atoms with van der Waals surface area (Å²) in [6.45, 7) is 2.23. The van der Waals surface area contributed by atoms with Crippen molar-refractivity contribution in [2.75, 3.05) is 13.2 Å². The maximum absolute atomic E-state index is 13.7. The van der Waals surface area contributed by atoms with Crippen LogP contribution in [0.4, 0.5) is 13.2 Å². The topological polar surface area (TPSA) is 34.2 Å². The van der Waals surface area contributed by atoms with E-state index in [1.54, 1.807) is 0 Å². The van der Waals surface area contributed by atoms with Crippen molar-refractivity contribution in [3.8, 4) is 5.88 Å². The molecular formula is C11H15F3N2O. The van der Waals surface area contributed by atoms with E-state index >= 15 is 0 Å². The van der Waals surface area contributed by atoms with Crippen LogP contribution in [-0.2, 0) is 6.54 Å². The van der Waals surface area contributed by atoms with Crippen molar-refractivity contribution in [3.05, 3.63) is 23.6 Å². The van der Waals surface area contributed by atoms with E-state index < -0.39 is 18.8 Å². The Morgan fingerprint density at radius 3 is 2.88 bits per heavy atom. The summed E-state index contributed by atoms with van der Waals surface area (Å²) >= 11 is 0. The third-order valence-corrected chi connectivity index (χ3v) is 2.03. The molecule has 96 valence electrons. The van der Waals surface area contributed by atoms with Crippen LogP contribution in [-0.4, -0.2) is 24.6 Å². The van der Waals surface area contributed by atoms with Gasteiger partial charge in [0.1, 0.15) is 0 Å². The van der Waals surface area contributed by atoms with Gasteiger partial charge in [0.15, 0.2) is 12.4 Å². The summed E-state index contributed by atoms with van der Waals surface area (Å²) in [6.07, 6.45) is -0.369. The van der Waals surface area contributed by atoms with Gasteiger partial charge in [-0.15, -0.1) is 0 Å². The smallest absolute Gasteiger partial charge is 0.272 e. The highest BCUT2D eigenvalue weighted by Gasteiger charge is 2.12. The molecule has 1 rings (SSSR count). The van der Waals surface area contributed by atoms with Crippen LogP contribution in [0, 0.1) is 5.82 Å². The third-order valence-electron chi connectivity index (χ3n) is 2.03. The Labute approximate surface area is 98.0 Å². The molecule has 0 fully saturated rings. The zero-order valence-electron chi connectivity index (χ0n) is 9.55. The van der Waals surface area contributed by atoms with Gasteiger partial charge in [0.05, 0.1) is 0 Å². The van der Waals surface area contributed by atoms with E-state index in [4.69, 9.17) is 0 Å². The Bertz CT molecular complexity index is 347. The second kappa shape index (κ2) is 7.11. The fourth-order valence-electron chi connectivity index (χ4n) is 1.24. The quantitative estimate of drug-likeness (QED) is 0.752. The van der Waals surface area contributed by atoms with Gasteiger partial charge in [-0.05, 0) is 19.0 Å². The molecule has 0 aromatic carbocycles. The molecule has 0 amide bonds. The SMILES string of the molecule is CCCNCc1ccnc(OCC(F)F)c1F. The van der Waals surface area contributed by atoms with Gasteiger partial charge in [0.2, 0.25) is 0 Å². The molecule has 0 saturated heterocycles. The second-order valence-corrected chi connectivity index (χ2v) is 3.47. The third kappa shape index (κ3) is 4.60. The average Bonchev–Trinajstić information content (AvgIpc) is 2.30. The van der Waals surface area contributed by atoms with Crippen LogP contribution in [0.1, 0.15) is 18.9 Å². The Morgan fingerprint density at radius 2 is 2.24 bits per heavy atom. The molecule has 0 unspecified atom stereocenters. The summed E-state index contributed by atoms with van der Waals surface area (Å²) in [6, 6.07) is 1.49. The fourth-order valence-corrected chi connectivity index (χ4v) is 1.24. The molecule has 0 aliphatic heterocycles. The first-order valence-electron chi connectivity index (χ1n) is 5.40. The monoisotopic (exact) mass is 248 g/mol. The van der Waals surface area contributed by atoms with E-state index in [1.807, 2.05) is 6.92 Å². The van der Waals surface area contributed by atoms with E-state index in [9.17, 15) is 13.2 Å². The predicted octanol–water partition coefficient (Wildman–Crippen LogP) is 2.36. The number of nitrogens with one attached hydrogen (secondary N) is 1. The van der Waals surface area contributed by atoms with E-state index in [0.717, 1.165) is 13.0 Å². The van der Waals surface area contributed by atoms with Gasteiger partial charge in [-0.2, -0.15) is 0 Å². The van der Waals surface area contributed by atoms with Crippen molar-refractivity contribution >= 4 is 0 Å². The Morgan fingerprint density at radius 1 is 1.47 bits per heavy atom. The standard InChI is InChI=1S/C11H15F3N2O/c1-2-4-15-6-8-3-5-16-11(10(8)14)17-7-9(12)13/h3,5,9,15H,2,4,6-7H2,1H3. The molecule has 1 aromatic rings. The van der Waals surface area contributed by atoms with Crippen molar-refractivity contribution in [3.63, 3.8) is 0 Å². The Balaban J connectivity index is 2.63. The van der Waals surface area contributed by atoms with Crippen molar-refractivity contribution < 1.29 is 17.9 Å². The van der Waals surface area contributed by atoms with Crippen LogP contribution in [0.15, 0.2) is 12.3 Å². The Hall–Kier alpha value is -1.30. The lowest BCUT2D eigenvalue weighted by atomic mass is 10.2. The number of ether oxygens (including phenoxy) is 1. The van der Waals surface area contributed by atoms with Crippen LogP contribution < -0.4 is 10.1 Å². The molecular weight excluding hydrogens is 233 g/mol. The van der Waals surface area contributed by atoms with Crippen molar-refractivity contribution in [1.82, 2.24) is 10.3 Å². The van der Waals surface area contributed by atoms with Crippen molar-refractivity contribution in [2.45, 2.75) is 26.3 Å². The molecule has 0 spiro atoms. The first-order chi connectivity index (χ1) is 8.15. The summed E-state index contributed by atoms with van der Waals surface area (Å²) in [5.41, 5.74) is 0.359. The van der Waals surface area contributed by atoms with Crippen molar-refractivity contribution in [2.24, 2.45) is 0 Å². The first kappa shape index (κ1) is 13.8. The molecule has 0 atom stereocenters. The highest BCUT2D eigenvalue weighted by Crippen LogP contribution is 2.17. The number of pyridine rings is 1. The highest BCUT2D eigenvalue weighted by atomic mass is 19.3. The zero-order chi connectivity index (χ0) is 12.7. The molecule has 6 heteroatoms. The zero-order valence-corrected chi connectivity index (χ0v) is 9.55. The molecule has 17 heavy (non-hydrogen) atoms. The lowest BCUT2D eigenvalue weighted by Crippen LogP contribution is -2.16. The van der Waals surface area contributed by atoms with E-state index in [2.05, 4.69) is 15.0 Å². The van der Waals surface area contributed by atoms with Crippen LogP contribution >= 0.6 is 0 Å². The average molecular weight is 248 g/mol. The van der Waals surface area contributed by atoms with E-state index in [0.29, 0.717) is 12.1 Å². The van der Waals surface area contributed by atoms with Gasteiger partial charge in [-0.1, -0.05) is 6.92 Å². The predicted molar refractivity (Wildman–Crippen MR) is 57.7 cm³/mol. The maximum Gasteiger partial charge on any atom is 0.272 e. The number of halogens is 3. The number of hydrogen-bond donors (Lipinski definition) is 1. The molecule has 1 heterocycles. The fraction of sp³-hybridized carbons (Fsp3) is 0.545. The van der Waals surface area contributed by atoms with Gasteiger partial charge in [0, 0.05) is 18.3 Å². The number of alkyl halides is 2. The van der Waals surface area contributed by atoms with Gasteiger partial charge < -0.3 is 10.1 Å². The summed E-state index contributed by atoms with van der Waals surface area (Å²) < 4.78 is 42.1. The molecule has 1 aromatic heterocycles. The number of rotatable bonds is 7. The van der Waals surface area contributed by atoms with Crippen LogP contribution in [0.5, 0.6) is 5.88 Å². The summed E-state index contributed by atoms with van der Waals surface area (Å²) in [5, 5.41) is 3.01. The van der Waals surface area contributed by atoms with Crippen LogP contribution in [0.25, 0.3) is 0 Å². The minimum Gasteiger partial charge on any atom is -0.470 e. The summed E-state index contributed by atoms with van der Waals surface area (Å²) in [4.78, 5) is 3.58. The molecule has 0 bridgehead atoms. The van der Waals surface area contributed by atoms with Gasteiger partial charge in [0.25, 0.3) is 12.3 Å². The molecule has 3 nitrogen and oxygen atoms in total. The lowest BCUT2D eigenvalue weighted by molar-refractivity contribution is 0.0772. The van der Waals surface area contributed by atoms with E-state index in [-0.39, 0.29) is 5.88 Å². The van der Waals surface area contributed by atoms with Gasteiger partial charge in [-0.3, -0.25) is 0 Å². The number of nitrogens with zero attached hydrogens (tertiary/aromatic N) is 1. The number of aromatic nitrogens is 1. The molecule has 0 radical (unpaired) electrons. The normalized spacial score (nSPS) is 10.9. The second-order valence-electron chi connectivity index (χ2n) is 3.47. The minimum absolute atomic E-state index is 0.327. The molecule has 0 aliphatic rings. The summed E-state index contributed by atoms with van der Waals surface area (Å²) in [5.74, 6) is -1.06. The van der Waals surface area contributed by atoms with Crippen LogP contribution in [0.3, 0.4) is 0 Å². The Kier molecular flexibility index (Phi) is 5.76. The van der Waals surface area contributed by atoms with Gasteiger partial charge >= 0.3 is 0 Å². The minimum atomic E-state index is -2.64. The molecule has 0 aliphatic carbocycles. The molecule has 0 saturated carbocycles. The first-order valence-corrected chi connectivity index (χ1v) is 5.40. The van der Waals surface area contributed by atoms with Crippen LogP contribution in [0.2, 0.25) is 0 Å².